The van der Waals surface area contributed by atoms with Crippen molar-refractivity contribution in [3.8, 4) is 0 Å². The molecule has 2 heteroatoms. The predicted molar refractivity (Wildman–Crippen MR) is 44.2 cm³/mol. The lowest BCUT2D eigenvalue weighted by Gasteiger charge is -2.23. The molecule has 0 spiro atoms. The highest BCUT2D eigenvalue weighted by atomic mass is 15.0. The number of rotatable bonds is 3. The predicted octanol–water partition coefficient (Wildman–Crippen LogP) is 0.738. The Morgan fingerprint density at radius 3 is 3.00 bits per heavy atom. The van der Waals surface area contributed by atoms with Gasteiger partial charge in [0.1, 0.15) is 0 Å². The van der Waals surface area contributed by atoms with Crippen LogP contribution in [0.3, 0.4) is 0 Å². The van der Waals surface area contributed by atoms with Crippen molar-refractivity contribution in [2.24, 2.45) is 0 Å². The minimum Gasteiger partial charge on any atom is -0.315 e. The van der Waals surface area contributed by atoms with Crippen LogP contribution in [0.1, 0.15) is 26.2 Å². The molecule has 1 fully saturated rings. The molecule has 1 heterocycles. The zero-order valence-electron chi connectivity index (χ0n) is 6.82. The van der Waals surface area contributed by atoms with Gasteiger partial charge < -0.3 is 10.6 Å². The minimum absolute atomic E-state index is 0.744. The molecule has 0 aromatic rings. The Bertz CT molecular complexity index is 77.3. The molecule has 1 aliphatic heterocycles. The fourth-order valence-electron chi connectivity index (χ4n) is 1.42. The number of hydrogen-bond donors (Lipinski definition) is 2. The standard InChI is InChI=1S/C8H18N2/c1-2-9-7-8-5-3-4-6-10-8/h8-10H,2-7H2,1H3. The van der Waals surface area contributed by atoms with Gasteiger partial charge in [-0.1, -0.05) is 13.3 Å². The Kier molecular flexibility index (Phi) is 3.76. The molecule has 0 aromatic heterocycles. The lowest BCUT2D eigenvalue weighted by molar-refractivity contribution is 0.386. The molecule has 10 heavy (non-hydrogen) atoms. The van der Waals surface area contributed by atoms with E-state index in [0.717, 1.165) is 19.1 Å². The summed E-state index contributed by atoms with van der Waals surface area (Å²) in [6, 6.07) is 0.744. The van der Waals surface area contributed by atoms with Gasteiger partial charge in [-0.3, -0.25) is 0 Å². The molecule has 2 N–H and O–H groups in total. The highest BCUT2D eigenvalue weighted by molar-refractivity contribution is 4.73. The second-order valence-corrected chi connectivity index (χ2v) is 2.95. The van der Waals surface area contributed by atoms with Crippen LogP contribution < -0.4 is 10.6 Å². The molecule has 1 atom stereocenters. The van der Waals surface area contributed by atoms with Crippen molar-refractivity contribution >= 4 is 0 Å². The molecule has 0 aliphatic carbocycles. The van der Waals surface area contributed by atoms with Gasteiger partial charge in [-0.2, -0.15) is 0 Å². The first-order valence-corrected chi connectivity index (χ1v) is 4.37. The van der Waals surface area contributed by atoms with Gasteiger partial charge >= 0.3 is 0 Å². The summed E-state index contributed by atoms with van der Waals surface area (Å²) in [5.41, 5.74) is 0. The smallest absolute Gasteiger partial charge is 0.0192 e. The number of hydrogen-bond acceptors (Lipinski definition) is 2. The lowest BCUT2D eigenvalue weighted by Crippen LogP contribution is -2.41. The van der Waals surface area contributed by atoms with Gasteiger partial charge in [0.2, 0.25) is 0 Å². The zero-order chi connectivity index (χ0) is 7.23. The van der Waals surface area contributed by atoms with Gasteiger partial charge in [0.05, 0.1) is 0 Å². The number of nitrogens with one attached hydrogen (secondary N) is 2. The SMILES string of the molecule is CCNCC1CCCCN1. The Labute approximate surface area is 63.4 Å². The summed E-state index contributed by atoms with van der Waals surface area (Å²) < 4.78 is 0. The summed E-state index contributed by atoms with van der Waals surface area (Å²) in [5, 5.41) is 6.85. The molecule has 2 nitrogen and oxygen atoms in total. The van der Waals surface area contributed by atoms with Gasteiger partial charge in [-0.05, 0) is 25.9 Å². The normalized spacial score (nSPS) is 26.7. The average molecular weight is 142 g/mol. The molecular formula is C8H18N2. The van der Waals surface area contributed by atoms with Crippen molar-refractivity contribution in [1.29, 1.82) is 0 Å². The van der Waals surface area contributed by atoms with Crippen molar-refractivity contribution in [1.82, 2.24) is 10.6 Å². The van der Waals surface area contributed by atoms with E-state index < -0.39 is 0 Å². The van der Waals surface area contributed by atoms with E-state index in [1.807, 2.05) is 0 Å². The number of piperidine rings is 1. The van der Waals surface area contributed by atoms with Crippen molar-refractivity contribution in [3.63, 3.8) is 0 Å². The minimum atomic E-state index is 0.744. The third-order valence-electron chi connectivity index (χ3n) is 2.05. The molecule has 0 aromatic carbocycles. The summed E-state index contributed by atoms with van der Waals surface area (Å²) in [5.74, 6) is 0. The Morgan fingerprint density at radius 1 is 1.50 bits per heavy atom. The van der Waals surface area contributed by atoms with Gasteiger partial charge in [-0.25, -0.2) is 0 Å². The summed E-state index contributed by atoms with van der Waals surface area (Å²) in [7, 11) is 0. The Morgan fingerprint density at radius 2 is 2.40 bits per heavy atom. The van der Waals surface area contributed by atoms with Crippen molar-refractivity contribution in [2.75, 3.05) is 19.6 Å². The van der Waals surface area contributed by atoms with E-state index in [1.165, 1.54) is 25.8 Å². The van der Waals surface area contributed by atoms with E-state index >= 15 is 0 Å². The van der Waals surface area contributed by atoms with Gasteiger partial charge in [0, 0.05) is 12.6 Å². The molecule has 1 saturated heterocycles. The highest BCUT2D eigenvalue weighted by Crippen LogP contribution is 2.05. The Balaban J connectivity index is 2.02. The van der Waals surface area contributed by atoms with Crippen LogP contribution in [-0.4, -0.2) is 25.7 Å². The third kappa shape index (κ3) is 2.67. The van der Waals surface area contributed by atoms with Gasteiger partial charge in [0.15, 0.2) is 0 Å². The summed E-state index contributed by atoms with van der Waals surface area (Å²) in [4.78, 5) is 0. The second kappa shape index (κ2) is 4.69. The first kappa shape index (κ1) is 8.02. The van der Waals surface area contributed by atoms with E-state index in [-0.39, 0.29) is 0 Å². The molecule has 0 saturated carbocycles. The van der Waals surface area contributed by atoms with E-state index in [1.54, 1.807) is 0 Å². The van der Waals surface area contributed by atoms with Crippen LogP contribution in [0.15, 0.2) is 0 Å². The molecule has 1 unspecified atom stereocenters. The molecular weight excluding hydrogens is 124 g/mol. The summed E-state index contributed by atoms with van der Waals surface area (Å²) >= 11 is 0. The third-order valence-corrected chi connectivity index (χ3v) is 2.05. The molecule has 60 valence electrons. The molecule has 0 amide bonds. The van der Waals surface area contributed by atoms with Gasteiger partial charge in [0.25, 0.3) is 0 Å². The largest absolute Gasteiger partial charge is 0.315 e. The van der Waals surface area contributed by atoms with Crippen LogP contribution >= 0.6 is 0 Å². The average Bonchev–Trinajstić information content (AvgIpc) is 2.03. The van der Waals surface area contributed by atoms with E-state index in [4.69, 9.17) is 0 Å². The van der Waals surface area contributed by atoms with Crippen molar-refractivity contribution in [2.45, 2.75) is 32.2 Å². The maximum absolute atomic E-state index is 3.49. The van der Waals surface area contributed by atoms with E-state index in [2.05, 4.69) is 17.6 Å². The first-order valence-electron chi connectivity index (χ1n) is 4.37. The van der Waals surface area contributed by atoms with Crippen LogP contribution in [0.5, 0.6) is 0 Å². The van der Waals surface area contributed by atoms with Crippen LogP contribution in [0.2, 0.25) is 0 Å². The molecule has 0 bridgehead atoms. The number of likely N-dealkylation sites (N-methyl/N-ethyl adjacent to an activating group) is 1. The van der Waals surface area contributed by atoms with Gasteiger partial charge in [-0.15, -0.1) is 0 Å². The fourth-order valence-corrected chi connectivity index (χ4v) is 1.42. The maximum Gasteiger partial charge on any atom is 0.0192 e. The lowest BCUT2D eigenvalue weighted by atomic mass is 10.1. The maximum atomic E-state index is 3.49. The van der Waals surface area contributed by atoms with Crippen LogP contribution in [0, 0.1) is 0 Å². The first-order chi connectivity index (χ1) is 4.93. The second-order valence-electron chi connectivity index (χ2n) is 2.95. The van der Waals surface area contributed by atoms with E-state index in [0.29, 0.717) is 0 Å². The van der Waals surface area contributed by atoms with Crippen LogP contribution in [-0.2, 0) is 0 Å². The van der Waals surface area contributed by atoms with Crippen LogP contribution in [0.4, 0.5) is 0 Å². The molecule has 1 aliphatic rings. The highest BCUT2D eigenvalue weighted by Gasteiger charge is 2.10. The molecule has 1 rings (SSSR count). The fraction of sp³-hybridized carbons (Fsp3) is 1.00. The Hall–Kier alpha value is -0.0800. The quantitative estimate of drug-likeness (QED) is 0.607. The van der Waals surface area contributed by atoms with E-state index in [9.17, 15) is 0 Å². The monoisotopic (exact) mass is 142 g/mol. The summed E-state index contributed by atoms with van der Waals surface area (Å²) in [6.07, 6.45) is 4.12. The van der Waals surface area contributed by atoms with Crippen molar-refractivity contribution < 1.29 is 0 Å². The summed E-state index contributed by atoms with van der Waals surface area (Å²) in [6.45, 7) is 5.62. The zero-order valence-corrected chi connectivity index (χ0v) is 6.82. The topological polar surface area (TPSA) is 24.1 Å². The van der Waals surface area contributed by atoms with Crippen molar-refractivity contribution in [3.05, 3.63) is 0 Å². The van der Waals surface area contributed by atoms with Crippen LogP contribution in [0.25, 0.3) is 0 Å². The molecule has 0 radical (unpaired) electrons.